The molecule has 1 heterocycles. The second-order valence-corrected chi connectivity index (χ2v) is 4.47. The molecule has 0 aliphatic carbocycles. The summed E-state index contributed by atoms with van der Waals surface area (Å²) in [5, 5.41) is 0. The van der Waals surface area contributed by atoms with Crippen molar-refractivity contribution in [3.05, 3.63) is 18.2 Å². The molecule has 1 fully saturated rings. The summed E-state index contributed by atoms with van der Waals surface area (Å²) in [6.45, 7) is 7.29. The quantitative estimate of drug-likeness (QED) is 0.833. The molecule has 1 aliphatic rings. The molecule has 4 heteroatoms. The van der Waals surface area contributed by atoms with Gasteiger partial charge in [0.1, 0.15) is 5.75 Å². The molecule has 4 nitrogen and oxygen atoms in total. The minimum atomic E-state index is 0.300. The lowest BCUT2D eigenvalue weighted by molar-refractivity contribution is 0.0385. The number of nitrogens with two attached hydrogens (primary N) is 1. The SMILES string of the molecule is CCOc1cccc(N2CCOC(CC)C2)c1N. The number of rotatable bonds is 4. The van der Waals surface area contributed by atoms with Gasteiger partial charge in [-0.2, -0.15) is 0 Å². The molecular formula is C14H22N2O2. The molecule has 0 saturated carbocycles. The fourth-order valence-electron chi connectivity index (χ4n) is 2.27. The minimum absolute atomic E-state index is 0.300. The second kappa shape index (κ2) is 5.96. The monoisotopic (exact) mass is 250 g/mol. The Balaban J connectivity index is 2.19. The van der Waals surface area contributed by atoms with Crippen LogP contribution in [0.4, 0.5) is 11.4 Å². The molecule has 100 valence electrons. The highest BCUT2D eigenvalue weighted by atomic mass is 16.5. The number of para-hydroxylation sites is 1. The Morgan fingerprint density at radius 1 is 1.44 bits per heavy atom. The standard InChI is InChI=1S/C14H22N2O2/c1-3-11-10-16(8-9-18-11)12-6-5-7-13(14(12)15)17-4-2/h5-7,11H,3-4,8-10,15H2,1-2H3. The molecule has 1 saturated heterocycles. The van der Waals surface area contributed by atoms with Crippen LogP contribution in [0.2, 0.25) is 0 Å². The lowest BCUT2D eigenvalue weighted by atomic mass is 10.1. The number of nitrogens with zero attached hydrogens (tertiary/aromatic N) is 1. The number of hydrogen-bond acceptors (Lipinski definition) is 4. The molecule has 0 spiro atoms. The van der Waals surface area contributed by atoms with Crippen LogP contribution >= 0.6 is 0 Å². The normalized spacial score (nSPS) is 19.9. The summed E-state index contributed by atoms with van der Waals surface area (Å²) in [4.78, 5) is 2.29. The van der Waals surface area contributed by atoms with E-state index in [1.54, 1.807) is 0 Å². The van der Waals surface area contributed by atoms with Gasteiger partial charge in [-0.25, -0.2) is 0 Å². The summed E-state index contributed by atoms with van der Waals surface area (Å²) >= 11 is 0. The van der Waals surface area contributed by atoms with Crippen LogP contribution in [-0.2, 0) is 4.74 Å². The van der Waals surface area contributed by atoms with Gasteiger partial charge in [0.05, 0.1) is 30.7 Å². The zero-order valence-electron chi connectivity index (χ0n) is 11.2. The van der Waals surface area contributed by atoms with Crippen molar-refractivity contribution in [2.24, 2.45) is 0 Å². The second-order valence-electron chi connectivity index (χ2n) is 4.47. The highest BCUT2D eigenvalue weighted by Gasteiger charge is 2.21. The van der Waals surface area contributed by atoms with Crippen molar-refractivity contribution in [1.29, 1.82) is 0 Å². The fourth-order valence-corrected chi connectivity index (χ4v) is 2.27. The lowest BCUT2D eigenvalue weighted by Crippen LogP contribution is -2.42. The third-order valence-corrected chi connectivity index (χ3v) is 3.28. The van der Waals surface area contributed by atoms with Gasteiger partial charge in [-0.15, -0.1) is 0 Å². The molecule has 1 unspecified atom stereocenters. The van der Waals surface area contributed by atoms with E-state index in [9.17, 15) is 0 Å². The van der Waals surface area contributed by atoms with E-state index >= 15 is 0 Å². The van der Waals surface area contributed by atoms with Gasteiger partial charge >= 0.3 is 0 Å². The number of anilines is 2. The minimum Gasteiger partial charge on any atom is -0.492 e. The van der Waals surface area contributed by atoms with Gasteiger partial charge < -0.3 is 20.1 Å². The molecule has 2 rings (SSSR count). The Kier molecular flexibility index (Phi) is 4.31. The van der Waals surface area contributed by atoms with Crippen LogP contribution in [0, 0.1) is 0 Å². The number of benzene rings is 1. The number of ether oxygens (including phenoxy) is 2. The van der Waals surface area contributed by atoms with Crippen molar-refractivity contribution >= 4 is 11.4 Å². The number of morpholine rings is 1. The summed E-state index contributed by atoms with van der Waals surface area (Å²) in [6, 6.07) is 5.96. The Morgan fingerprint density at radius 2 is 2.28 bits per heavy atom. The first-order valence-corrected chi connectivity index (χ1v) is 6.64. The van der Waals surface area contributed by atoms with E-state index in [0.29, 0.717) is 12.7 Å². The van der Waals surface area contributed by atoms with Gasteiger partial charge in [-0.1, -0.05) is 13.0 Å². The van der Waals surface area contributed by atoms with Crippen molar-refractivity contribution in [3.63, 3.8) is 0 Å². The maximum absolute atomic E-state index is 6.18. The molecule has 0 aromatic heterocycles. The zero-order valence-corrected chi connectivity index (χ0v) is 11.2. The highest BCUT2D eigenvalue weighted by molar-refractivity contribution is 5.74. The van der Waals surface area contributed by atoms with Gasteiger partial charge in [0.15, 0.2) is 0 Å². The molecule has 1 aliphatic heterocycles. The van der Waals surface area contributed by atoms with E-state index in [2.05, 4.69) is 17.9 Å². The Hall–Kier alpha value is -1.42. The average Bonchev–Trinajstić information content (AvgIpc) is 2.41. The maximum Gasteiger partial charge on any atom is 0.144 e. The Bertz CT molecular complexity index is 395. The Labute approximate surface area is 109 Å². The summed E-state index contributed by atoms with van der Waals surface area (Å²) < 4.78 is 11.2. The summed E-state index contributed by atoms with van der Waals surface area (Å²) in [7, 11) is 0. The molecule has 2 N–H and O–H groups in total. The molecule has 1 aromatic rings. The first-order chi connectivity index (χ1) is 8.76. The van der Waals surface area contributed by atoms with E-state index < -0.39 is 0 Å². The van der Waals surface area contributed by atoms with Crippen LogP contribution in [0.1, 0.15) is 20.3 Å². The van der Waals surface area contributed by atoms with Crippen LogP contribution in [0.5, 0.6) is 5.75 Å². The van der Waals surface area contributed by atoms with Crippen molar-refractivity contribution in [2.45, 2.75) is 26.4 Å². The van der Waals surface area contributed by atoms with Crippen molar-refractivity contribution < 1.29 is 9.47 Å². The molecule has 18 heavy (non-hydrogen) atoms. The molecule has 1 aromatic carbocycles. The van der Waals surface area contributed by atoms with Gasteiger partial charge in [0.25, 0.3) is 0 Å². The highest BCUT2D eigenvalue weighted by Crippen LogP contribution is 2.33. The van der Waals surface area contributed by atoms with E-state index in [0.717, 1.165) is 43.2 Å². The topological polar surface area (TPSA) is 47.7 Å². The zero-order chi connectivity index (χ0) is 13.0. The maximum atomic E-state index is 6.18. The fraction of sp³-hybridized carbons (Fsp3) is 0.571. The smallest absolute Gasteiger partial charge is 0.144 e. The molecule has 0 amide bonds. The number of hydrogen-bond donors (Lipinski definition) is 1. The summed E-state index contributed by atoms with van der Waals surface area (Å²) in [5.41, 5.74) is 7.97. The van der Waals surface area contributed by atoms with Gasteiger partial charge in [-0.05, 0) is 25.5 Å². The predicted molar refractivity (Wildman–Crippen MR) is 74.3 cm³/mol. The van der Waals surface area contributed by atoms with Crippen LogP contribution < -0.4 is 15.4 Å². The van der Waals surface area contributed by atoms with Crippen LogP contribution in [0.15, 0.2) is 18.2 Å². The summed E-state index contributed by atoms with van der Waals surface area (Å²) in [5.74, 6) is 0.773. The largest absolute Gasteiger partial charge is 0.492 e. The number of nitrogen functional groups attached to an aromatic ring is 1. The first-order valence-electron chi connectivity index (χ1n) is 6.64. The lowest BCUT2D eigenvalue weighted by Gasteiger charge is -2.35. The molecular weight excluding hydrogens is 228 g/mol. The van der Waals surface area contributed by atoms with E-state index in [1.165, 1.54) is 0 Å². The average molecular weight is 250 g/mol. The summed E-state index contributed by atoms with van der Waals surface area (Å²) in [6.07, 6.45) is 1.33. The molecule has 0 bridgehead atoms. The van der Waals surface area contributed by atoms with Gasteiger partial charge in [-0.3, -0.25) is 0 Å². The van der Waals surface area contributed by atoms with Crippen LogP contribution in [-0.4, -0.2) is 32.4 Å². The third kappa shape index (κ3) is 2.70. The van der Waals surface area contributed by atoms with Crippen molar-refractivity contribution in [2.75, 3.05) is 36.9 Å². The van der Waals surface area contributed by atoms with E-state index in [1.807, 2.05) is 19.1 Å². The van der Waals surface area contributed by atoms with Crippen LogP contribution in [0.3, 0.4) is 0 Å². The Morgan fingerprint density at radius 3 is 3.00 bits per heavy atom. The third-order valence-electron chi connectivity index (χ3n) is 3.28. The van der Waals surface area contributed by atoms with Crippen molar-refractivity contribution in [3.8, 4) is 5.75 Å². The first kappa shape index (κ1) is 13.0. The van der Waals surface area contributed by atoms with E-state index in [4.69, 9.17) is 15.2 Å². The van der Waals surface area contributed by atoms with Gasteiger partial charge in [0.2, 0.25) is 0 Å². The van der Waals surface area contributed by atoms with Crippen molar-refractivity contribution in [1.82, 2.24) is 0 Å². The molecule has 0 radical (unpaired) electrons. The molecule has 1 atom stereocenters. The van der Waals surface area contributed by atoms with E-state index in [-0.39, 0.29) is 0 Å². The predicted octanol–water partition coefficient (Wildman–Crippen LogP) is 2.28. The van der Waals surface area contributed by atoms with Crippen LogP contribution in [0.25, 0.3) is 0 Å². The van der Waals surface area contributed by atoms with Gasteiger partial charge in [0, 0.05) is 13.1 Å².